The molecule has 0 bridgehead atoms. The summed E-state index contributed by atoms with van der Waals surface area (Å²) in [5.41, 5.74) is -0.521. The molecule has 1 rings (SSSR count). The summed E-state index contributed by atoms with van der Waals surface area (Å²) in [6.07, 6.45) is 2.21. The smallest absolute Gasteiger partial charge is 0.326 e. The van der Waals surface area contributed by atoms with Crippen LogP contribution in [0.1, 0.15) is 33.6 Å². The molecule has 1 fully saturated rings. The minimum atomic E-state index is -1.01. The molecule has 2 amide bonds. The van der Waals surface area contributed by atoms with Gasteiger partial charge in [0.05, 0.1) is 0 Å². The van der Waals surface area contributed by atoms with Crippen molar-refractivity contribution in [1.29, 1.82) is 0 Å². The van der Waals surface area contributed by atoms with Gasteiger partial charge in [-0.3, -0.25) is 0 Å². The summed E-state index contributed by atoms with van der Waals surface area (Å²) in [4.78, 5) is 25.1. The zero-order valence-electron chi connectivity index (χ0n) is 12.2. The number of urea groups is 1. The van der Waals surface area contributed by atoms with Crippen molar-refractivity contribution in [2.75, 3.05) is 20.1 Å². The Hall–Kier alpha value is -1.30. The zero-order valence-corrected chi connectivity index (χ0v) is 12.2. The largest absolute Gasteiger partial charge is 0.480 e. The molecule has 0 aliphatic carbocycles. The summed E-state index contributed by atoms with van der Waals surface area (Å²) in [5.74, 6) is -1.01. The Morgan fingerprint density at radius 2 is 2.05 bits per heavy atom. The first-order valence-corrected chi connectivity index (χ1v) is 6.69. The second-order valence-electron chi connectivity index (χ2n) is 6.27. The number of likely N-dealkylation sites (tertiary alicyclic amines) is 1. The molecular formula is C13H25N3O3. The fraction of sp³-hybridized carbons (Fsp3) is 0.846. The fourth-order valence-electron chi connectivity index (χ4n) is 2.28. The highest BCUT2D eigenvalue weighted by molar-refractivity contribution is 5.83. The first-order valence-electron chi connectivity index (χ1n) is 6.69. The Morgan fingerprint density at radius 1 is 1.42 bits per heavy atom. The molecule has 1 aliphatic heterocycles. The summed E-state index contributed by atoms with van der Waals surface area (Å²) in [5, 5.41) is 14.4. The number of rotatable bonds is 4. The Kier molecular flexibility index (Phi) is 5.17. The highest BCUT2D eigenvalue weighted by atomic mass is 16.4. The van der Waals surface area contributed by atoms with Crippen molar-refractivity contribution in [3.8, 4) is 0 Å². The first kappa shape index (κ1) is 15.8. The van der Waals surface area contributed by atoms with Crippen LogP contribution in [0.4, 0.5) is 4.79 Å². The number of carbonyl (C=O) groups excluding carboxylic acids is 1. The number of nitrogens with one attached hydrogen (secondary N) is 2. The van der Waals surface area contributed by atoms with Crippen LogP contribution in [0.25, 0.3) is 0 Å². The number of nitrogens with zero attached hydrogens (tertiary/aromatic N) is 1. The molecule has 19 heavy (non-hydrogen) atoms. The molecule has 3 N–H and O–H groups in total. The van der Waals surface area contributed by atoms with Crippen molar-refractivity contribution in [1.82, 2.24) is 15.5 Å². The van der Waals surface area contributed by atoms with Crippen LogP contribution in [0, 0.1) is 5.41 Å². The number of aliphatic carboxylic acids is 1. The van der Waals surface area contributed by atoms with Crippen LogP contribution in [-0.4, -0.2) is 54.2 Å². The van der Waals surface area contributed by atoms with E-state index in [1.54, 1.807) is 20.8 Å². The third-order valence-corrected chi connectivity index (χ3v) is 3.56. The summed E-state index contributed by atoms with van der Waals surface area (Å²) in [7, 11) is 2.03. The lowest BCUT2D eigenvalue weighted by Gasteiger charge is -2.28. The van der Waals surface area contributed by atoms with E-state index in [4.69, 9.17) is 5.11 Å². The molecule has 6 heteroatoms. The summed E-state index contributed by atoms with van der Waals surface area (Å²) < 4.78 is 0. The number of likely N-dealkylation sites (N-methyl/N-ethyl adjacent to an activating group) is 1. The molecule has 0 spiro atoms. The van der Waals surface area contributed by atoms with Crippen molar-refractivity contribution in [3.05, 3.63) is 0 Å². The van der Waals surface area contributed by atoms with Crippen LogP contribution in [0.5, 0.6) is 0 Å². The zero-order chi connectivity index (χ0) is 14.6. The molecule has 1 aliphatic rings. The van der Waals surface area contributed by atoms with Crippen molar-refractivity contribution in [2.24, 2.45) is 5.41 Å². The molecular weight excluding hydrogens is 246 g/mol. The summed E-state index contributed by atoms with van der Waals surface area (Å²) >= 11 is 0. The van der Waals surface area contributed by atoms with E-state index in [1.807, 2.05) is 7.05 Å². The van der Waals surface area contributed by atoms with Crippen LogP contribution >= 0.6 is 0 Å². The van der Waals surface area contributed by atoms with E-state index in [-0.39, 0.29) is 0 Å². The van der Waals surface area contributed by atoms with Gasteiger partial charge in [-0.05, 0) is 31.8 Å². The molecule has 110 valence electrons. The maximum atomic E-state index is 11.8. The van der Waals surface area contributed by atoms with Crippen LogP contribution < -0.4 is 10.6 Å². The van der Waals surface area contributed by atoms with Crippen LogP contribution in [0.2, 0.25) is 0 Å². The number of amides is 2. The molecule has 1 saturated heterocycles. The second kappa shape index (κ2) is 6.23. The van der Waals surface area contributed by atoms with E-state index < -0.39 is 23.5 Å². The average Bonchev–Trinajstić information content (AvgIpc) is 2.67. The monoisotopic (exact) mass is 271 g/mol. The van der Waals surface area contributed by atoms with Gasteiger partial charge in [0, 0.05) is 12.6 Å². The predicted molar refractivity (Wildman–Crippen MR) is 73.1 cm³/mol. The molecule has 2 unspecified atom stereocenters. The lowest BCUT2D eigenvalue weighted by molar-refractivity contribution is -0.141. The van der Waals surface area contributed by atoms with Gasteiger partial charge in [0.1, 0.15) is 6.04 Å². The van der Waals surface area contributed by atoms with E-state index in [0.717, 1.165) is 19.4 Å². The Morgan fingerprint density at radius 3 is 2.47 bits per heavy atom. The summed E-state index contributed by atoms with van der Waals surface area (Å²) in [6.45, 7) is 6.97. The number of hydrogen-bond donors (Lipinski definition) is 3. The van der Waals surface area contributed by atoms with Crippen molar-refractivity contribution >= 4 is 12.0 Å². The third kappa shape index (κ3) is 4.70. The van der Waals surface area contributed by atoms with Gasteiger partial charge in [-0.25, -0.2) is 9.59 Å². The predicted octanol–water partition coefficient (Wildman–Crippen LogP) is 0.879. The van der Waals surface area contributed by atoms with Crippen molar-refractivity contribution < 1.29 is 14.7 Å². The molecule has 0 aromatic carbocycles. The Bertz CT molecular complexity index is 339. The number of carboxylic acid groups (broad SMARTS) is 1. The van der Waals surface area contributed by atoms with Gasteiger partial charge in [0.2, 0.25) is 0 Å². The van der Waals surface area contributed by atoms with Gasteiger partial charge in [-0.2, -0.15) is 0 Å². The van der Waals surface area contributed by atoms with Crippen molar-refractivity contribution in [3.63, 3.8) is 0 Å². The summed E-state index contributed by atoms with van der Waals surface area (Å²) in [6, 6.07) is -0.958. The lowest BCUT2D eigenvalue weighted by Crippen LogP contribution is -2.53. The minimum Gasteiger partial charge on any atom is -0.480 e. The van der Waals surface area contributed by atoms with E-state index in [9.17, 15) is 9.59 Å². The van der Waals surface area contributed by atoms with Gasteiger partial charge in [0.25, 0.3) is 0 Å². The second-order valence-corrected chi connectivity index (χ2v) is 6.27. The van der Waals surface area contributed by atoms with E-state index in [1.165, 1.54) is 0 Å². The minimum absolute atomic E-state index is 0.351. The SMILES string of the molecule is CN1CCCC1CNC(=O)NC(C(=O)O)C(C)(C)C. The van der Waals surface area contributed by atoms with E-state index in [2.05, 4.69) is 15.5 Å². The first-order chi connectivity index (χ1) is 8.71. The van der Waals surface area contributed by atoms with Crippen LogP contribution in [0.15, 0.2) is 0 Å². The Balaban J connectivity index is 2.43. The molecule has 1 heterocycles. The van der Waals surface area contributed by atoms with Crippen LogP contribution in [0.3, 0.4) is 0 Å². The van der Waals surface area contributed by atoms with Gasteiger partial charge >= 0.3 is 12.0 Å². The van der Waals surface area contributed by atoms with E-state index >= 15 is 0 Å². The maximum Gasteiger partial charge on any atom is 0.326 e. The number of hydrogen-bond acceptors (Lipinski definition) is 3. The normalized spacial score (nSPS) is 22.0. The van der Waals surface area contributed by atoms with Gasteiger partial charge in [0.15, 0.2) is 0 Å². The maximum absolute atomic E-state index is 11.8. The quantitative estimate of drug-likeness (QED) is 0.709. The highest BCUT2D eigenvalue weighted by Crippen LogP contribution is 2.19. The average molecular weight is 271 g/mol. The number of carboxylic acids is 1. The molecule has 0 aromatic rings. The molecule has 0 saturated carbocycles. The highest BCUT2D eigenvalue weighted by Gasteiger charge is 2.32. The van der Waals surface area contributed by atoms with Crippen molar-refractivity contribution in [2.45, 2.75) is 45.7 Å². The van der Waals surface area contributed by atoms with E-state index in [0.29, 0.717) is 12.6 Å². The molecule has 0 radical (unpaired) electrons. The van der Waals surface area contributed by atoms with Gasteiger partial charge < -0.3 is 20.6 Å². The standard InChI is InChI=1S/C13H25N3O3/c1-13(2,3)10(11(17)18)15-12(19)14-8-9-6-5-7-16(9)4/h9-10H,5-8H2,1-4H3,(H,17,18)(H2,14,15,19). The third-order valence-electron chi connectivity index (χ3n) is 3.56. The molecule has 2 atom stereocenters. The van der Waals surface area contributed by atoms with Gasteiger partial charge in [-0.15, -0.1) is 0 Å². The molecule has 6 nitrogen and oxygen atoms in total. The Labute approximate surface area is 114 Å². The number of carbonyl (C=O) groups is 2. The van der Waals surface area contributed by atoms with Crippen LogP contribution in [-0.2, 0) is 4.79 Å². The fourth-order valence-corrected chi connectivity index (χ4v) is 2.28. The van der Waals surface area contributed by atoms with Gasteiger partial charge in [-0.1, -0.05) is 20.8 Å². The molecule has 0 aromatic heterocycles. The lowest BCUT2D eigenvalue weighted by atomic mass is 9.87. The topological polar surface area (TPSA) is 81.7 Å².